The number of ketones is 1. The minimum Gasteiger partial charge on any atom is -0.508 e. The number of allylic oxidation sites excluding steroid dienone is 4. The topological polar surface area (TPSA) is 83.5 Å². The summed E-state index contributed by atoms with van der Waals surface area (Å²) in [4.78, 5) is 11.9. The number of rotatable bonds is 8. The number of Topliss-reactive ketones (excluding diaryl/α,β-unsaturated/α-hetero) is 1. The van der Waals surface area contributed by atoms with Crippen LogP contribution in [-0.4, -0.2) is 23.0 Å². The molecule has 3 aromatic rings. The Balaban J connectivity index is 0.000000976. The number of carbonyl (C=O) groups is 1. The van der Waals surface area contributed by atoms with Crippen LogP contribution < -0.4 is 5.73 Å². The summed E-state index contributed by atoms with van der Waals surface area (Å²) in [6.45, 7) is 22.1. The van der Waals surface area contributed by atoms with Crippen molar-refractivity contribution in [2.24, 2.45) is 11.7 Å². The van der Waals surface area contributed by atoms with Gasteiger partial charge in [0, 0.05) is 5.56 Å². The Morgan fingerprint density at radius 1 is 0.915 bits per heavy atom. The minimum atomic E-state index is 0.0656. The van der Waals surface area contributed by atoms with Gasteiger partial charge < -0.3 is 15.9 Å². The van der Waals surface area contributed by atoms with E-state index in [-0.39, 0.29) is 17.3 Å². The maximum atomic E-state index is 11.9. The summed E-state index contributed by atoms with van der Waals surface area (Å²) in [7, 11) is 1.50. The predicted molar refractivity (Wildman–Crippen MR) is 206 cm³/mol. The van der Waals surface area contributed by atoms with Gasteiger partial charge in [-0.1, -0.05) is 122 Å². The first-order valence-electron chi connectivity index (χ1n) is 17.4. The predicted octanol–water partition coefficient (Wildman–Crippen LogP) is 11.9. The molecule has 0 radical (unpaired) electrons. The maximum absolute atomic E-state index is 11.9. The van der Waals surface area contributed by atoms with Crippen molar-refractivity contribution >= 4 is 16.9 Å². The molecule has 47 heavy (non-hydrogen) atoms. The summed E-state index contributed by atoms with van der Waals surface area (Å²) < 4.78 is 0. The highest BCUT2D eigenvalue weighted by Crippen LogP contribution is 2.41. The fourth-order valence-electron chi connectivity index (χ4n) is 5.07. The molecule has 0 saturated heterocycles. The molecular formula is C43H63NO3. The molecule has 0 spiro atoms. The van der Waals surface area contributed by atoms with E-state index in [4.69, 9.17) is 0 Å². The molecular weight excluding hydrogens is 578 g/mol. The van der Waals surface area contributed by atoms with Crippen LogP contribution in [0, 0.1) is 12.8 Å². The van der Waals surface area contributed by atoms with Crippen LogP contribution in [0.3, 0.4) is 0 Å². The number of benzene rings is 3. The summed E-state index contributed by atoms with van der Waals surface area (Å²) in [5.41, 5.74) is 13.7. The van der Waals surface area contributed by atoms with Crippen molar-refractivity contribution < 1.29 is 15.0 Å². The summed E-state index contributed by atoms with van der Waals surface area (Å²) in [6.07, 6.45) is 12.0. The number of carbonyl (C=O) groups excluding carboxylic acids is 1. The minimum absolute atomic E-state index is 0.0656. The van der Waals surface area contributed by atoms with Gasteiger partial charge >= 0.3 is 0 Å². The fourth-order valence-corrected chi connectivity index (χ4v) is 5.07. The van der Waals surface area contributed by atoms with Gasteiger partial charge in [-0.3, -0.25) is 4.79 Å². The van der Waals surface area contributed by atoms with E-state index in [0.717, 1.165) is 76.1 Å². The second-order valence-corrected chi connectivity index (χ2v) is 11.6. The van der Waals surface area contributed by atoms with Crippen molar-refractivity contribution in [3.05, 3.63) is 118 Å². The van der Waals surface area contributed by atoms with E-state index in [0.29, 0.717) is 0 Å². The Morgan fingerprint density at radius 3 is 2.00 bits per heavy atom. The number of phenols is 2. The lowest BCUT2D eigenvalue weighted by atomic mass is 9.87. The number of fused-ring (bicyclic) bond motifs is 1. The Morgan fingerprint density at radius 2 is 1.53 bits per heavy atom. The smallest absolute Gasteiger partial charge is 0.159 e. The molecule has 4 N–H and O–H groups in total. The van der Waals surface area contributed by atoms with Crippen molar-refractivity contribution in [2.45, 2.75) is 107 Å². The zero-order valence-corrected chi connectivity index (χ0v) is 31.0. The van der Waals surface area contributed by atoms with E-state index in [1.807, 2.05) is 76.2 Å². The highest BCUT2D eigenvalue weighted by Gasteiger charge is 2.21. The van der Waals surface area contributed by atoms with E-state index in [9.17, 15) is 15.0 Å². The molecule has 4 nitrogen and oxygen atoms in total. The van der Waals surface area contributed by atoms with E-state index in [1.54, 1.807) is 19.1 Å². The summed E-state index contributed by atoms with van der Waals surface area (Å²) >= 11 is 0. The van der Waals surface area contributed by atoms with Crippen LogP contribution >= 0.6 is 0 Å². The molecule has 3 aromatic carbocycles. The van der Waals surface area contributed by atoms with Crippen LogP contribution in [0.25, 0.3) is 11.1 Å². The third kappa shape index (κ3) is 15.0. The molecule has 4 rings (SSSR count). The van der Waals surface area contributed by atoms with Crippen LogP contribution in [0.5, 0.6) is 11.5 Å². The third-order valence-corrected chi connectivity index (χ3v) is 7.79. The summed E-state index contributed by atoms with van der Waals surface area (Å²) in [5, 5.41) is 20.1. The fraction of sp³-hybridized carbons (Fsp3) is 0.419. The van der Waals surface area contributed by atoms with Crippen LogP contribution in [0.4, 0.5) is 0 Å². The lowest BCUT2D eigenvalue weighted by Crippen LogP contribution is -1.99. The van der Waals surface area contributed by atoms with E-state index >= 15 is 0 Å². The van der Waals surface area contributed by atoms with Crippen LogP contribution in [0.1, 0.15) is 132 Å². The van der Waals surface area contributed by atoms with E-state index in [2.05, 4.69) is 52.1 Å². The van der Waals surface area contributed by atoms with Crippen molar-refractivity contribution in [1.29, 1.82) is 0 Å². The molecule has 0 aliphatic heterocycles. The number of hydrogen-bond acceptors (Lipinski definition) is 4. The van der Waals surface area contributed by atoms with Gasteiger partial charge in [0.15, 0.2) is 5.78 Å². The normalized spacial score (nSPS) is 12.3. The standard InChI is InChI=1S/C26H24O3.C7H12.C7H16.C2H6.CH5N/c1-16-6-7-21(15-25(16)29)23-5-3-4-20-14-19(17(2)27)10-13-24(20)26(23)18-8-11-22(28)12-9-18;1-4-5-6-7(2)3;1-4-6-7(3)5-2;2*1-2/h6-15,28-29H,3-5H2,1-2H3;5-6H,2,4H2,1,3H3;7H,4-6H2,1-3H3;1-2H3;2H2,1H3/b;6-5+;;;. The lowest BCUT2D eigenvalue weighted by Gasteiger charge is -2.17. The van der Waals surface area contributed by atoms with Crippen LogP contribution in [0.2, 0.25) is 0 Å². The van der Waals surface area contributed by atoms with E-state index in [1.165, 1.54) is 31.9 Å². The summed E-state index contributed by atoms with van der Waals surface area (Å²) in [5.74, 6) is 1.53. The second kappa shape index (κ2) is 24.3. The number of nitrogens with two attached hydrogens (primary N) is 1. The molecule has 1 aliphatic carbocycles. The van der Waals surface area contributed by atoms with E-state index < -0.39 is 0 Å². The number of aromatic hydroxyl groups is 2. The first-order chi connectivity index (χ1) is 22.5. The first-order valence-corrected chi connectivity index (χ1v) is 17.4. The van der Waals surface area contributed by atoms with Crippen molar-refractivity contribution in [2.75, 3.05) is 7.05 Å². The van der Waals surface area contributed by atoms with Gasteiger partial charge in [-0.2, -0.15) is 0 Å². The highest BCUT2D eigenvalue weighted by molar-refractivity contribution is 6.01. The average molecular weight is 642 g/mol. The van der Waals surface area contributed by atoms with Gasteiger partial charge in [-0.25, -0.2) is 0 Å². The molecule has 258 valence electrons. The lowest BCUT2D eigenvalue weighted by molar-refractivity contribution is 0.101. The number of aryl methyl sites for hydroxylation is 2. The zero-order chi connectivity index (χ0) is 35.9. The van der Waals surface area contributed by atoms with Crippen molar-refractivity contribution in [3.8, 4) is 11.5 Å². The van der Waals surface area contributed by atoms with Crippen LogP contribution in [0.15, 0.2) is 85.0 Å². The Bertz CT molecular complexity index is 1410. The maximum Gasteiger partial charge on any atom is 0.159 e. The van der Waals surface area contributed by atoms with Gasteiger partial charge in [0.05, 0.1) is 0 Å². The largest absolute Gasteiger partial charge is 0.508 e. The van der Waals surface area contributed by atoms with Gasteiger partial charge in [0.25, 0.3) is 0 Å². The molecule has 1 aliphatic rings. The molecule has 1 atom stereocenters. The molecule has 0 amide bonds. The van der Waals surface area contributed by atoms with Gasteiger partial charge in [-0.15, -0.1) is 0 Å². The monoisotopic (exact) mass is 641 g/mol. The Hall–Kier alpha value is -3.89. The summed E-state index contributed by atoms with van der Waals surface area (Å²) in [6, 6.07) is 19.0. The molecule has 1 unspecified atom stereocenters. The highest BCUT2D eigenvalue weighted by atomic mass is 16.3. The third-order valence-electron chi connectivity index (χ3n) is 7.79. The van der Waals surface area contributed by atoms with Crippen molar-refractivity contribution in [1.82, 2.24) is 0 Å². The molecule has 4 heteroatoms. The quantitative estimate of drug-likeness (QED) is 0.169. The first kappa shape index (κ1) is 43.1. The molecule has 0 fully saturated rings. The Labute approximate surface area is 287 Å². The molecule has 0 bridgehead atoms. The molecule has 0 aromatic heterocycles. The Kier molecular flexibility index (Phi) is 22.3. The number of hydrogen-bond donors (Lipinski definition) is 3. The zero-order valence-electron chi connectivity index (χ0n) is 31.0. The van der Waals surface area contributed by atoms with Crippen LogP contribution in [-0.2, 0) is 6.42 Å². The average Bonchev–Trinajstić information content (AvgIpc) is 3.27. The van der Waals surface area contributed by atoms with Crippen molar-refractivity contribution in [3.63, 3.8) is 0 Å². The SMILES string of the molecule is C=C(C)/C=C/CC.CC.CC(=O)c1ccc2c(c1)CCCC(c1ccc(C)c(O)c1)=C2c1ccc(O)cc1.CCCC(C)CC.CN. The van der Waals surface area contributed by atoms with Gasteiger partial charge in [-0.05, 0) is 123 Å². The second-order valence-electron chi connectivity index (χ2n) is 11.6. The van der Waals surface area contributed by atoms with Gasteiger partial charge in [0.2, 0.25) is 0 Å². The molecule has 0 saturated carbocycles. The molecule has 0 heterocycles. The van der Waals surface area contributed by atoms with Gasteiger partial charge in [0.1, 0.15) is 11.5 Å². The number of phenolic OH excluding ortho intramolecular Hbond substituents is 2.